The van der Waals surface area contributed by atoms with Crippen molar-refractivity contribution in [2.75, 3.05) is 18.5 Å². The van der Waals surface area contributed by atoms with E-state index in [4.69, 9.17) is 9.47 Å². The maximum atomic E-state index is 11.3. The molecule has 7 nitrogen and oxygen atoms in total. The van der Waals surface area contributed by atoms with Crippen LogP contribution in [0.3, 0.4) is 0 Å². The van der Waals surface area contributed by atoms with Crippen LogP contribution in [0.5, 0.6) is 17.2 Å². The number of phenolic OH excluding ortho intramolecular Hbond substituents is 1. The third-order valence-corrected chi connectivity index (χ3v) is 6.26. The van der Waals surface area contributed by atoms with Gasteiger partial charge in [0.05, 0.1) is 11.0 Å². The van der Waals surface area contributed by atoms with Gasteiger partial charge in [0.2, 0.25) is 0 Å². The average Bonchev–Trinajstić information content (AvgIpc) is 3.33. The van der Waals surface area contributed by atoms with Gasteiger partial charge in [0, 0.05) is 29.3 Å². The van der Waals surface area contributed by atoms with Gasteiger partial charge in [-0.25, -0.2) is 0 Å². The van der Waals surface area contributed by atoms with Crippen LogP contribution in [0.1, 0.15) is 29.5 Å². The molecule has 0 bridgehead atoms. The molecule has 168 valence electrons. The van der Waals surface area contributed by atoms with Gasteiger partial charge in [-0.05, 0) is 54.3 Å². The van der Waals surface area contributed by atoms with Gasteiger partial charge in [-0.1, -0.05) is 30.4 Å². The molecule has 1 aliphatic heterocycles. The van der Waals surface area contributed by atoms with E-state index in [0.29, 0.717) is 18.8 Å². The van der Waals surface area contributed by atoms with Gasteiger partial charge in [0.15, 0.2) is 0 Å². The van der Waals surface area contributed by atoms with Gasteiger partial charge in [0.1, 0.15) is 30.5 Å². The number of phenols is 1. The third-order valence-electron chi connectivity index (χ3n) is 6.26. The van der Waals surface area contributed by atoms with E-state index in [1.165, 1.54) is 18.2 Å². The molecule has 0 amide bonds. The number of aromatic hydroxyl groups is 1. The lowest BCUT2D eigenvalue weighted by Gasteiger charge is -2.37. The molecule has 0 spiro atoms. The molecule has 3 unspecified atom stereocenters. The lowest BCUT2D eigenvalue weighted by molar-refractivity contribution is -0.385. The van der Waals surface area contributed by atoms with E-state index in [1.54, 1.807) is 0 Å². The molecular formula is C26H24N2O5. The Morgan fingerprint density at radius 1 is 0.970 bits per heavy atom. The number of anilines is 1. The number of fused-ring (bicyclic) bond motifs is 3. The topological polar surface area (TPSA) is 93.9 Å². The predicted octanol–water partition coefficient (Wildman–Crippen LogP) is 5.58. The summed E-state index contributed by atoms with van der Waals surface area (Å²) < 4.78 is 11.6. The van der Waals surface area contributed by atoms with Crippen molar-refractivity contribution in [2.24, 2.45) is 5.92 Å². The molecule has 5 rings (SSSR count). The van der Waals surface area contributed by atoms with Gasteiger partial charge in [-0.15, -0.1) is 0 Å². The zero-order valence-corrected chi connectivity index (χ0v) is 17.9. The Balaban J connectivity index is 1.33. The van der Waals surface area contributed by atoms with E-state index in [-0.39, 0.29) is 29.3 Å². The van der Waals surface area contributed by atoms with Crippen LogP contribution in [0.4, 0.5) is 11.4 Å². The normalized spacial score (nSPS) is 20.4. The smallest absolute Gasteiger partial charge is 0.270 e. The van der Waals surface area contributed by atoms with Crippen LogP contribution in [-0.4, -0.2) is 23.2 Å². The number of allylic oxidation sites excluding steroid dienone is 2. The molecule has 0 saturated heterocycles. The lowest BCUT2D eigenvalue weighted by Crippen LogP contribution is -2.29. The first-order valence-corrected chi connectivity index (χ1v) is 11.0. The second kappa shape index (κ2) is 8.86. The summed E-state index contributed by atoms with van der Waals surface area (Å²) in [6.07, 6.45) is 5.13. The monoisotopic (exact) mass is 444 g/mol. The van der Waals surface area contributed by atoms with Crippen molar-refractivity contribution in [3.05, 3.63) is 100 Å². The fourth-order valence-electron chi connectivity index (χ4n) is 4.71. The molecule has 7 heteroatoms. The second-order valence-corrected chi connectivity index (χ2v) is 8.23. The molecule has 0 saturated carbocycles. The molecule has 3 aromatic carbocycles. The van der Waals surface area contributed by atoms with Crippen LogP contribution < -0.4 is 14.8 Å². The number of rotatable bonds is 7. The van der Waals surface area contributed by atoms with Crippen LogP contribution in [-0.2, 0) is 0 Å². The van der Waals surface area contributed by atoms with Crippen molar-refractivity contribution in [2.45, 2.75) is 18.4 Å². The van der Waals surface area contributed by atoms with Gasteiger partial charge < -0.3 is 19.9 Å². The Hall–Kier alpha value is -4.00. The highest BCUT2D eigenvalue weighted by Gasteiger charge is 2.39. The van der Waals surface area contributed by atoms with Crippen molar-refractivity contribution < 1.29 is 19.5 Å². The van der Waals surface area contributed by atoms with Gasteiger partial charge in [-0.3, -0.25) is 10.1 Å². The average molecular weight is 444 g/mol. The van der Waals surface area contributed by atoms with Gasteiger partial charge >= 0.3 is 0 Å². The minimum Gasteiger partial charge on any atom is -0.508 e. The molecular weight excluding hydrogens is 420 g/mol. The van der Waals surface area contributed by atoms with E-state index in [1.807, 2.05) is 48.5 Å². The minimum absolute atomic E-state index is 0.0284. The van der Waals surface area contributed by atoms with E-state index < -0.39 is 4.92 Å². The number of non-ortho nitro benzene ring substituents is 1. The summed E-state index contributed by atoms with van der Waals surface area (Å²) in [7, 11) is 0. The number of nitrogens with one attached hydrogen (secondary N) is 1. The highest BCUT2D eigenvalue weighted by Crippen LogP contribution is 2.52. The quantitative estimate of drug-likeness (QED) is 0.214. The number of benzene rings is 3. The second-order valence-electron chi connectivity index (χ2n) is 8.23. The summed E-state index contributed by atoms with van der Waals surface area (Å²) in [5.74, 6) is 1.91. The molecule has 0 radical (unpaired) electrons. The minimum atomic E-state index is -0.435. The molecule has 1 heterocycles. The van der Waals surface area contributed by atoms with Crippen molar-refractivity contribution in [3.8, 4) is 17.2 Å². The molecule has 2 aliphatic rings. The van der Waals surface area contributed by atoms with Crippen LogP contribution >= 0.6 is 0 Å². The molecule has 1 aliphatic carbocycles. The SMILES string of the molecule is O=[N+]([O-])c1ccc(O)c(C2Nc3ccc(OCCOc4ccccc4)cc3C3C=CCC32)c1. The van der Waals surface area contributed by atoms with Crippen molar-refractivity contribution in [1.29, 1.82) is 0 Å². The molecule has 2 N–H and O–H groups in total. The fourth-order valence-corrected chi connectivity index (χ4v) is 4.71. The van der Waals surface area contributed by atoms with Gasteiger partial charge in [0.25, 0.3) is 5.69 Å². The Labute approximate surface area is 191 Å². The Kier molecular flexibility index (Phi) is 5.60. The zero-order valence-electron chi connectivity index (χ0n) is 17.9. The van der Waals surface area contributed by atoms with E-state index in [9.17, 15) is 15.2 Å². The van der Waals surface area contributed by atoms with Crippen molar-refractivity contribution >= 4 is 11.4 Å². The van der Waals surface area contributed by atoms with E-state index in [2.05, 4.69) is 17.5 Å². The van der Waals surface area contributed by atoms with Crippen molar-refractivity contribution in [1.82, 2.24) is 0 Å². The summed E-state index contributed by atoms with van der Waals surface area (Å²) in [6, 6.07) is 19.5. The molecule has 33 heavy (non-hydrogen) atoms. The number of hydrogen-bond acceptors (Lipinski definition) is 6. The largest absolute Gasteiger partial charge is 0.508 e. The van der Waals surface area contributed by atoms with Crippen LogP contribution in [0.15, 0.2) is 78.9 Å². The summed E-state index contributed by atoms with van der Waals surface area (Å²) in [4.78, 5) is 10.8. The van der Waals surface area contributed by atoms with Gasteiger partial charge in [-0.2, -0.15) is 0 Å². The Morgan fingerprint density at radius 2 is 1.76 bits per heavy atom. The summed E-state index contributed by atoms with van der Waals surface area (Å²) in [5, 5.41) is 25.2. The Bertz CT molecular complexity index is 1190. The number of nitro benzene ring substituents is 1. The first kappa shape index (κ1) is 20.9. The molecule has 3 atom stereocenters. The maximum absolute atomic E-state index is 11.3. The zero-order chi connectivity index (χ0) is 22.8. The predicted molar refractivity (Wildman–Crippen MR) is 125 cm³/mol. The standard InChI is InChI=1S/C26H24N2O5/c29-25-12-9-17(28(30)31)15-23(25)26-21-8-4-7-20(21)22-16-19(10-11-24(22)27-26)33-14-13-32-18-5-2-1-3-6-18/h1-7,9-12,15-16,20-21,26-27,29H,8,13-14H2. The first-order valence-electron chi connectivity index (χ1n) is 11.0. The van der Waals surface area contributed by atoms with Crippen molar-refractivity contribution in [3.63, 3.8) is 0 Å². The first-order chi connectivity index (χ1) is 16.1. The number of para-hydroxylation sites is 1. The van der Waals surface area contributed by atoms with Crippen LogP contribution in [0, 0.1) is 16.0 Å². The maximum Gasteiger partial charge on any atom is 0.270 e. The third kappa shape index (κ3) is 4.22. The molecule has 0 aromatic heterocycles. The summed E-state index contributed by atoms with van der Waals surface area (Å²) in [5.41, 5.74) is 2.58. The van der Waals surface area contributed by atoms with E-state index >= 15 is 0 Å². The van der Waals surface area contributed by atoms with Crippen LogP contribution in [0.2, 0.25) is 0 Å². The highest BCUT2D eigenvalue weighted by atomic mass is 16.6. The number of hydrogen-bond donors (Lipinski definition) is 2. The summed E-state index contributed by atoms with van der Waals surface area (Å²) in [6.45, 7) is 0.870. The molecule has 0 fully saturated rings. The lowest BCUT2D eigenvalue weighted by atomic mass is 9.76. The molecule has 3 aromatic rings. The highest BCUT2D eigenvalue weighted by molar-refractivity contribution is 5.63. The summed E-state index contributed by atoms with van der Waals surface area (Å²) >= 11 is 0. The number of nitro groups is 1. The van der Waals surface area contributed by atoms with Crippen LogP contribution in [0.25, 0.3) is 0 Å². The fraction of sp³-hybridized carbons (Fsp3) is 0.231. The Morgan fingerprint density at radius 3 is 2.55 bits per heavy atom. The van der Waals surface area contributed by atoms with E-state index in [0.717, 1.165) is 29.2 Å². The number of nitrogens with zero attached hydrogens (tertiary/aromatic N) is 1. The number of ether oxygens (including phenoxy) is 2.